The fourth-order valence-corrected chi connectivity index (χ4v) is 5.41. The van der Waals surface area contributed by atoms with Gasteiger partial charge in [-0.25, -0.2) is 4.99 Å². The molecule has 5 rings (SSSR count). The van der Waals surface area contributed by atoms with Crippen molar-refractivity contribution in [3.8, 4) is 5.75 Å². The number of aliphatic hydroxyl groups excluding tert-OH is 2. The third kappa shape index (κ3) is 7.04. The van der Waals surface area contributed by atoms with Crippen LogP contribution in [0.5, 0.6) is 5.75 Å². The van der Waals surface area contributed by atoms with E-state index in [9.17, 15) is 9.90 Å². The maximum absolute atomic E-state index is 14.3. The zero-order valence-electron chi connectivity index (χ0n) is 23.2. The van der Waals surface area contributed by atoms with Gasteiger partial charge in [0.1, 0.15) is 5.75 Å². The third-order valence-electron chi connectivity index (χ3n) is 7.70. The molecule has 7 heteroatoms. The van der Waals surface area contributed by atoms with Gasteiger partial charge in [0.15, 0.2) is 11.6 Å². The van der Waals surface area contributed by atoms with Crippen LogP contribution in [-0.4, -0.2) is 52.9 Å². The van der Waals surface area contributed by atoms with Gasteiger partial charge in [-0.1, -0.05) is 72.8 Å². The SMILES string of the molecule is O=C(NC1CCC(O)CC1)[C@]1(C/C=C/c2ccccc2)N=C(c2ccc(OCCCO)cc2)O[C@@H]1c1ccccc1. The summed E-state index contributed by atoms with van der Waals surface area (Å²) in [7, 11) is 0. The number of nitrogens with one attached hydrogen (secondary N) is 1. The lowest BCUT2D eigenvalue weighted by atomic mass is 9.83. The maximum Gasteiger partial charge on any atom is 0.252 e. The summed E-state index contributed by atoms with van der Waals surface area (Å²) in [6.45, 7) is 0.506. The molecule has 3 N–H and O–H groups in total. The summed E-state index contributed by atoms with van der Waals surface area (Å²) in [4.78, 5) is 19.4. The van der Waals surface area contributed by atoms with Crippen molar-refractivity contribution in [1.82, 2.24) is 5.32 Å². The van der Waals surface area contributed by atoms with E-state index >= 15 is 0 Å². The van der Waals surface area contributed by atoms with Crippen LogP contribution >= 0.6 is 0 Å². The van der Waals surface area contributed by atoms with E-state index in [1.165, 1.54) is 0 Å². The molecule has 1 aliphatic carbocycles. The van der Waals surface area contributed by atoms with Gasteiger partial charge in [-0.3, -0.25) is 4.79 Å². The highest BCUT2D eigenvalue weighted by Crippen LogP contribution is 2.43. The molecule has 2 atom stereocenters. The second kappa shape index (κ2) is 13.6. The highest BCUT2D eigenvalue weighted by molar-refractivity contribution is 6.01. The molecule has 1 saturated carbocycles. The minimum Gasteiger partial charge on any atom is -0.494 e. The van der Waals surface area contributed by atoms with Crippen molar-refractivity contribution in [2.24, 2.45) is 4.99 Å². The first kappa shape index (κ1) is 28.6. The van der Waals surface area contributed by atoms with E-state index in [1.807, 2.05) is 97.1 Å². The number of nitrogens with zero attached hydrogens (tertiary/aromatic N) is 1. The number of ether oxygens (including phenoxy) is 2. The predicted octanol–water partition coefficient (Wildman–Crippen LogP) is 5.23. The van der Waals surface area contributed by atoms with E-state index in [1.54, 1.807) is 0 Å². The van der Waals surface area contributed by atoms with Crippen LogP contribution < -0.4 is 10.1 Å². The second-order valence-electron chi connectivity index (χ2n) is 10.7. The number of hydrogen-bond donors (Lipinski definition) is 3. The molecule has 214 valence electrons. The van der Waals surface area contributed by atoms with E-state index in [-0.39, 0.29) is 24.7 Å². The fourth-order valence-electron chi connectivity index (χ4n) is 5.41. The molecule has 0 spiro atoms. The highest BCUT2D eigenvalue weighted by Gasteiger charge is 2.53. The fraction of sp³-hybridized carbons (Fsp3) is 0.353. The van der Waals surface area contributed by atoms with Crippen molar-refractivity contribution in [3.05, 3.63) is 108 Å². The lowest BCUT2D eigenvalue weighted by Gasteiger charge is -2.33. The number of hydrogen-bond acceptors (Lipinski definition) is 6. The Morgan fingerprint density at radius 2 is 1.66 bits per heavy atom. The molecule has 0 aromatic heterocycles. The molecule has 0 saturated heterocycles. The van der Waals surface area contributed by atoms with E-state index < -0.39 is 11.6 Å². The van der Waals surface area contributed by atoms with Crippen molar-refractivity contribution in [2.45, 2.75) is 62.3 Å². The van der Waals surface area contributed by atoms with Crippen LogP contribution in [0.25, 0.3) is 6.08 Å². The van der Waals surface area contributed by atoms with E-state index in [0.29, 0.717) is 43.9 Å². The first-order chi connectivity index (χ1) is 20.1. The van der Waals surface area contributed by atoms with Crippen LogP contribution in [0.15, 0.2) is 96.0 Å². The summed E-state index contributed by atoms with van der Waals surface area (Å²) in [5, 5.41) is 22.3. The molecule has 1 aliphatic heterocycles. The van der Waals surface area contributed by atoms with Gasteiger partial charge >= 0.3 is 0 Å². The quantitative estimate of drug-likeness (QED) is 0.282. The summed E-state index contributed by atoms with van der Waals surface area (Å²) in [6, 6.07) is 27.2. The highest BCUT2D eigenvalue weighted by atomic mass is 16.5. The van der Waals surface area contributed by atoms with Crippen molar-refractivity contribution in [1.29, 1.82) is 0 Å². The molecule has 0 unspecified atom stereocenters. The van der Waals surface area contributed by atoms with Gasteiger partial charge in [0.2, 0.25) is 5.90 Å². The molecule has 2 aliphatic rings. The molecule has 0 bridgehead atoms. The van der Waals surface area contributed by atoms with Crippen LogP contribution in [-0.2, 0) is 9.53 Å². The maximum atomic E-state index is 14.3. The Labute approximate surface area is 241 Å². The molecule has 7 nitrogen and oxygen atoms in total. The average molecular weight is 555 g/mol. The Morgan fingerprint density at radius 3 is 2.34 bits per heavy atom. The number of amides is 1. The van der Waals surface area contributed by atoms with Crippen LogP contribution in [0, 0.1) is 0 Å². The number of rotatable bonds is 11. The van der Waals surface area contributed by atoms with Gasteiger partial charge in [-0.2, -0.15) is 0 Å². The molecule has 1 amide bonds. The summed E-state index contributed by atoms with van der Waals surface area (Å²) in [6.07, 6.45) is 6.79. The Bertz CT molecular complexity index is 1320. The first-order valence-electron chi connectivity index (χ1n) is 14.4. The summed E-state index contributed by atoms with van der Waals surface area (Å²) in [5.41, 5.74) is 1.44. The van der Waals surface area contributed by atoms with E-state index in [2.05, 4.69) is 5.32 Å². The first-order valence-corrected chi connectivity index (χ1v) is 14.4. The Balaban J connectivity index is 1.49. The minimum atomic E-state index is -1.23. The van der Waals surface area contributed by atoms with E-state index in [4.69, 9.17) is 19.6 Å². The zero-order chi connectivity index (χ0) is 28.5. The molecule has 0 radical (unpaired) electrons. The van der Waals surface area contributed by atoms with Crippen LogP contribution in [0.1, 0.15) is 61.3 Å². The normalized spacial score (nSPS) is 24.0. The predicted molar refractivity (Wildman–Crippen MR) is 160 cm³/mol. The Hall–Kier alpha value is -3.94. The molecule has 1 heterocycles. The number of carbonyl (C=O) groups excluding carboxylic acids is 1. The van der Waals surface area contributed by atoms with Crippen LogP contribution in [0.3, 0.4) is 0 Å². The summed E-state index contributed by atoms with van der Waals surface area (Å²) in [5.74, 6) is 0.919. The summed E-state index contributed by atoms with van der Waals surface area (Å²) >= 11 is 0. The molecule has 41 heavy (non-hydrogen) atoms. The summed E-state index contributed by atoms with van der Waals surface area (Å²) < 4.78 is 12.2. The average Bonchev–Trinajstić information content (AvgIpc) is 3.41. The standard InChI is InChI=1S/C34H38N2O5/c37-23-8-24-40-30-20-14-27(15-21-30)32-36-34(22-7-11-25-9-3-1-4-10-25,31(41-32)26-12-5-2-6-13-26)33(39)35-28-16-18-29(38)19-17-28/h1-7,9-15,20-21,28-29,31,37-38H,8,16-19,22-24H2,(H,35,39)/b11-7+/t28?,29?,31-,34-/m1/s1. The third-order valence-corrected chi connectivity index (χ3v) is 7.70. The van der Waals surface area contributed by atoms with Gasteiger partial charge in [0, 0.05) is 31.1 Å². The number of benzene rings is 3. The lowest BCUT2D eigenvalue weighted by Crippen LogP contribution is -2.52. The van der Waals surface area contributed by atoms with Gasteiger partial charge in [0.05, 0.1) is 12.7 Å². The molecular formula is C34H38N2O5. The van der Waals surface area contributed by atoms with Crippen molar-refractivity contribution < 1.29 is 24.5 Å². The molecule has 1 fully saturated rings. The van der Waals surface area contributed by atoms with Crippen LogP contribution in [0.2, 0.25) is 0 Å². The molecule has 3 aromatic carbocycles. The van der Waals surface area contributed by atoms with Gasteiger partial charge in [-0.05, 0) is 61.1 Å². The minimum absolute atomic E-state index is 0.0214. The topological polar surface area (TPSA) is 100 Å². The largest absolute Gasteiger partial charge is 0.494 e. The van der Waals surface area contributed by atoms with Crippen molar-refractivity contribution in [2.75, 3.05) is 13.2 Å². The van der Waals surface area contributed by atoms with E-state index in [0.717, 1.165) is 29.5 Å². The molecular weight excluding hydrogens is 516 g/mol. The number of aliphatic imine (C=N–C) groups is 1. The zero-order valence-corrected chi connectivity index (χ0v) is 23.2. The smallest absolute Gasteiger partial charge is 0.252 e. The van der Waals surface area contributed by atoms with Crippen LogP contribution in [0.4, 0.5) is 0 Å². The van der Waals surface area contributed by atoms with Gasteiger partial charge in [-0.15, -0.1) is 0 Å². The van der Waals surface area contributed by atoms with Crippen molar-refractivity contribution >= 4 is 17.9 Å². The number of aliphatic hydroxyl groups is 2. The molecule has 3 aromatic rings. The van der Waals surface area contributed by atoms with Gasteiger partial charge < -0.3 is 25.0 Å². The Morgan fingerprint density at radius 1 is 0.976 bits per heavy atom. The monoisotopic (exact) mass is 554 g/mol. The van der Waals surface area contributed by atoms with Crippen molar-refractivity contribution in [3.63, 3.8) is 0 Å². The number of carbonyl (C=O) groups is 1. The van der Waals surface area contributed by atoms with Gasteiger partial charge in [0.25, 0.3) is 5.91 Å². The Kier molecular flexibility index (Phi) is 9.49. The lowest BCUT2D eigenvalue weighted by molar-refractivity contribution is -0.130. The second-order valence-corrected chi connectivity index (χ2v) is 10.7.